The van der Waals surface area contributed by atoms with Gasteiger partial charge in [-0.2, -0.15) is 13.2 Å². The van der Waals surface area contributed by atoms with E-state index in [-0.39, 0.29) is 51.6 Å². The van der Waals surface area contributed by atoms with E-state index in [1.54, 1.807) is 0 Å². The number of fused-ring (bicyclic) bond motifs is 1. The molecule has 1 fully saturated rings. The molecule has 37 heavy (non-hydrogen) atoms. The van der Waals surface area contributed by atoms with Crippen molar-refractivity contribution < 1.29 is 27.1 Å². The molecule has 4 heterocycles. The van der Waals surface area contributed by atoms with E-state index in [0.29, 0.717) is 13.1 Å². The number of carbonyl (C=O) groups is 1. The van der Waals surface area contributed by atoms with Gasteiger partial charge in [0.2, 0.25) is 0 Å². The second-order valence-corrected chi connectivity index (χ2v) is 9.23. The SMILES string of the molecule is Cc1nc2nc(C(F)(F)F)c(C(C)Nc3ncc(C(=O)N4CC(C)OC(C)C4)cc3F)c(C)c2c(=O)[nH]1. The molecule has 0 radical (unpaired) electrons. The number of rotatable bonds is 4. The number of aryl methyl sites for hydroxylation is 2. The third-order valence-corrected chi connectivity index (χ3v) is 6.12. The van der Waals surface area contributed by atoms with Gasteiger partial charge in [0.05, 0.1) is 29.2 Å². The summed E-state index contributed by atoms with van der Waals surface area (Å²) in [5.41, 5.74) is -2.53. The minimum Gasteiger partial charge on any atom is -0.372 e. The lowest BCUT2D eigenvalue weighted by Crippen LogP contribution is -2.48. The van der Waals surface area contributed by atoms with E-state index in [9.17, 15) is 27.2 Å². The van der Waals surface area contributed by atoms with Crippen LogP contribution in [0, 0.1) is 19.7 Å². The molecule has 1 aliphatic rings. The zero-order valence-corrected chi connectivity index (χ0v) is 20.8. The number of alkyl halides is 3. The molecule has 3 aromatic rings. The van der Waals surface area contributed by atoms with Crippen molar-refractivity contribution in [3.05, 3.63) is 56.6 Å². The van der Waals surface area contributed by atoms with Crippen LogP contribution in [0.2, 0.25) is 0 Å². The smallest absolute Gasteiger partial charge is 0.372 e. The molecule has 4 rings (SSSR count). The molecule has 1 amide bonds. The Morgan fingerprint density at radius 2 is 1.86 bits per heavy atom. The van der Waals surface area contributed by atoms with Gasteiger partial charge in [-0.05, 0) is 46.2 Å². The summed E-state index contributed by atoms with van der Waals surface area (Å²) in [6.07, 6.45) is -4.06. The van der Waals surface area contributed by atoms with Crippen LogP contribution >= 0.6 is 0 Å². The first-order valence-electron chi connectivity index (χ1n) is 11.6. The molecule has 1 saturated heterocycles. The van der Waals surface area contributed by atoms with Crippen LogP contribution < -0.4 is 10.9 Å². The molecule has 0 aliphatic carbocycles. The number of amides is 1. The van der Waals surface area contributed by atoms with Gasteiger partial charge in [0, 0.05) is 24.8 Å². The Bertz CT molecular complexity index is 1410. The Morgan fingerprint density at radius 3 is 2.46 bits per heavy atom. The summed E-state index contributed by atoms with van der Waals surface area (Å²) < 4.78 is 62.5. The minimum atomic E-state index is -4.86. The average Bonchev–Trinajstić information content (AvgIpc) is 2.77. The van der Waals surface area contributed by atoms with E-state index >= 15 is 0 Å². The van der Waals surface area contributed by atoms with E-state index in [4.69, 9.17) is 4.74 Å². The molecule has 198 valence electrons. The second-order valence-electron chi connectivity index (χ2n) is 9.23. The van der Waals surface area contributed by atoms with Gasteiger partial charge in [-0.3, -0.25) is 9.59 Å². The van der Waals surface area contributed by atoms with E-state index in [1.807, 2.05) is 13.8 Å². The number of aromatic amines is 1. The van der Waals surface area contributed by atoms with Crippen LogP contribution in [0.3, 0.4) is 0 Å². The lowest BCUT2D eigenvalue weighted by Gasteiger charge is -2.35. The molecular weight excluding hydrogens is 496 g/mol. The van der Waals surface area contributed by atoms with Crippen molar-refractivity contribution in [3.63, 3.8) is 0 Å². The largest absolute Gasteiger partial charge is 0.433 e. The number of ether oxygens (including phenoxy) is 1. The second kappa shape index (κ2) is 9.69. The molecular formula is C24H26F4N6O3. The molecule has 0 aromatic carbocycles. The van der Waals surface area contributed by atoms with Crippen LogP contribution in [0.1, 0.15) is 59.8 Å². The fourth-order valence-corrected chi connectivity index (χ4v) is 4.68. The van der Waals surface area contributed by atoms with E-state index in [0.717, 1.165) is 6.07 Å². The van der Waals surface area contributed by atoms with Crippen molar-refractivity contribution in [3.8, 4) is 0 Å². The third-order valence-electron chi connectivity index (χ3n) is 6.12. The summed E-state index contributed by atoms with van der Waals surface area (Å²) in [5.74, 6) is -1.57. The molecule has 2 N–H and O–H groups in total. The zero-order valence-electron chi connectivity index (χ0n) is 20.8. The highest BCUT2D eigenvalue weighted by Gasteiger charge is 2.39. The number of halogens is 4. The number of hydrogen-bond acceptors (Lipinski definition) is 7. The average molecular weight is 523 g/mol. The first-order valence-corrected chi connectivity index (χ1v) is 11.6. The Morgan fingerprint density at radius 1 is 1.22 bits per heavy atom. The van der Waals surface area contributed by atoms with Crippen molar-refractivity contribution in [2.24, 2.45) is 0 Å². The molecule has 0 saturated carbocycles. The van der Waals surface area contributed by atoms with Gasteiger partial charge in [0.25, 0.3) is 11.5 Å². The molecule has 9 nitrogen and oxygen atoms in total. The maximum Gasteiger partial charge on any atom is 0.433 e. The highest BCUT2D eigenvalue weighted by molar-refractivity contribution is 5.94. The first kappa shape index (κ1) is 26.5. The van der Waals surface area contributed by atoms with Crippen LogP contribution in [0.4, 0.5) is 23.4 Å². The topological polar surface area (TPSA) is 113 Å². The van der Waals surface area contributed by atoms with Crippen molar-refractivity contribution in [1.82, 2.24) is 24.8 Å². The fraction of sp³-hybridized carbons (Fsp3) is 0.458. The Hall–Kier alpha value is -3.61. The van der Waals surface area contributed by atoms with Gasteiger partial charge in [-0.1, -0.05) is 0 Å². The minimum absolute atomic E-state index is 0.00418. The highest BCUT2D eigenvalue weighted by Crippen LogP contribution is 2.37. The molecule has 0 spiro atoms. The van der Waals surface area contributed by atoms with E-state index in [2.05, 4.69) is 25.3 Å². The monoisotopic (exact) mass is 522 g/mol. The standard InChI is InChI=1S/C24H26F4N6O3/c1-10-8-34(9-11(2)37-10)23(36)15-6-16(25)20(29-7-15)30-13(4)17-12(3)18-21(31-14(5)32-22(18)35)33-19(17)24(26,27)28/h6-7,10-11,13H,8-9H2,1-5H3,(H,29,30)(H,31,32,33,35). The number of pyridine rings is 2. The lowest BCUT2D eigenvalue weighted by atomic mass is 9.97. The number of anilines is 1. The number of nitrogens with one attached hydrogen (secondary N) is 2. The van der Waals surface area contributed by atoms with Crippen molar-refractivity contribution >= 4 is 22.8 Å². The summed E-state index contributed by atoms with van der Waals surface area (Å²) in [4.78, 5) is 40.9. The van der Waals surface area contributed by atoms with Crippen molar-refractivity contribution in [2.75, 3.05) is 18.4 Å². The van der Waals surface area contributed by atoms with E-state index < -0.39 is 35.2 Å². The summed E-state index contributed by atoms with van der Waals surface area (Å²) in [6, 6.07) is -0.165. The van der Waals surface area contributed by atoms with Crippen molar-refractivity contribution in [1.29, 1.82) is 0 Å². The summed E-state index contributed by atoms with van der Waals surface area (Å²) in [5, 5.41) is 2.54. The number of carbonyl (C=O) groups excluding carboxylic acids is 1. The van der Waals surface area contributed by atoms with Gasteiger partial charge in [-0.15, -0.1) is 0 Å². The van der Waals surface area contributed by atoms with Gasteiger partial charge < -0.3 is 19.9 Å². The van der Waals surface area contributed by atoms with Crippen LogP contribution in [-0.2, 0) is 10.9 Å². The maximum absolute atomic E-state index is 15.0. The van der Waals surface area contributed by atoms with Gasteiger partial charge in [0.15, 0.2) is 23.0 Å². The van der Waals surface area contributed by atoms with Gasteiger partial charge in [0.1, 0.15) is 5.82 Å². The van der Waals surface area contributed by atoms with Crippen LogP contribution in [0.25, 0.3) is 11.0 Å². The summed E-state index contributed by atoms with van der Waals surface area (Å²) >= 11 is 0. The fourth-order valence-electron chi connectivity index (χ4n) is 4.68. The summed E-state index contributed by atoms with van der Waals surface area (Å²) in [7, 11) is 0. The van der Waals surface area contributed by atoms with Gasteiger partial charge in [-0.25, -0.2) is 19.3 Å². The molecule has 1 aliphatic heterocycles. The first-order chi connectivity index (χ1) is 17.3. The Balaban J connectivity index is 1.68. The molecule has 13 heteroatoms. The van der Waals surface area contributed by atoms with Crippen molar-refractivity contribution in [2.45, 2.75) is 59.0 Å². The number of hydrogen-bond donors (Lipinski definition) is 2. The normalized spacial score (nSPS) is 19.2. The van der Waals surface area contributed by atoms with Crippen LogP contribution in [-0.4, -0.2) is 56.0 Å². The predicted octanol–water partition coefficient (Wildman–Crippen LogP) is 3.91. The van der Waals surface area contributed by atoms with Crippen LogP contribution in [0.15, 0.2) is 17.1 Å². The molecule has 0 bridgehead atoms. The number of nitrogens with zero attached hydrogens (tertiary/aromatic N) is 4. The Kier molecular flexibility index (Phi) is 6.93. The molecule has 3 unspecified atom stereocenters. The Labute approximate surface area is 209 Å². The highest BCUT2D eigenvalue weighted by atomic mass is 19.4. The molecule has 3 atom stereocenters. The lowest BCUT2D eigenvalue weighted by molar-refractivity contribution is -0.141. The zero-order chi connectivity index (χ0) is 27.2. The van der Waals surface area contributed by atoms with Gasteiger partial charge >= 0.3 is 6.18 Å². The maximum atomic E-state index is 15.0. The predicted molar refractivity (Wildman–Crippen MR) is 127 cm³/mol. The summed E-state index contributed by atoms with van der Waals surface area (Å²) in [6.45, 7) is 8.49. The van der Waals surface area contributed by atoms with E-state index in [1.165, 1.54) is 31.9 Å². The number of H-pyrrole nitrogens is 1. The number of morpholine rings is 1. The quantitative estimate of drug-likeness (QED) is 0.500. The molecule has 3 aromatic heterocycles. The number of aromatic nitrogens is 4. The van der Waals surface area contributed by atoms with Crippen LogP contribution in [0.5, 0.6) is 0 Å². The third kappa shape index (κ3) is 5.26.